The molecule has 0 saturated carbocycles. The summed E-state index contributed by atoms with van der Waals surface area (Å²) in [5.41, 5.74) is 10.4. The van der Waals surface area contributed by atoms with Crippen LogP contribution in [0.5, 0.6) is 0 Å². The number of guanidine groups is 1. The molecule has 0 radical (unpaired) electrons. The van der Waals surface area contributed by atoms with Gasteiger partial charge in [0, 0.05) is 45.3 Å². The highest BCUT2D eigenvalue weighted by atomic mass is 32.2. The molecule has 1 aliphatic rings. The van der Waals surface area contributed by atoms with Crippen molar-refractivity contribution in [3.63, 3.8) is 0 Å². The summed E-state index contributed by atoms with van der Waals surface area (Å²) in [5.74, 6) is 0.704. The standard InChI is InChI=1S/C10H19N5OS.CH4O/c1-14-5-6-15(8-14)4-2-9(16)17-7-3-13-10(11)12;1-2/h5-6H,2-4,7-8H2,1H3,(H4,11,12,13);2H,1H3. The van der Waals surface area contributed by atoms with Crippen molar-refractivity contribution in [2.45, 2.75) is 6.42 Å². The van der Waals surface area contributed by atoms with Gasteiger partial charge in [0.05, 0.1) is 13.2 Å². The van der Waals surface area contributed by atoms with Crippen molar-refractivity contribution in [3.8, 4) is 0 Å². The average Bonchev–Trinajstić information content (AvgIpc) is 2.80. The highest BCUT2D eigenvalue weighted by molar-refractivity contribution is 8.13. The van der Waals surface area contributed by atoms with Crippen molar-refractivity contribution in [2.24, 2.45) is 16.5 Å². The lowest BCUT2D eigenvalue weighted by Crippen LogP contribution is -2.24. The van der Waals surface area contributed by atoms with E-state index < -0.39 is 0 Å². The van der Waals surface area contributed by atoms with E-state index in [1.54, 1.807) is 0 Å². The molecular weight excluding hydrogens is 266 g/mol. The SMILES string of the molecule is CN1C=CN(CCC(=O)SCCN=C(N)N)C1.CO. The fourth-order valence-electron chi connectivity index (χ4n) is 1.38. The van der Waals surface area contributed by atoms with Gasteiger partial charge >= 0.3 is 0 Å². The largest absolute Gasteiger partial charge is 0.400 e. The lowest BCUT2D eigenvalue weighted by atomic mass is 10.4. The Balaban J connectivity index is 0.00000154. The fraction of sp³-hybridized carbons (Fsp3) is 0.636. The minimum atomic E-state index is 0.0725. The average molecular weight is 289 g/mol. The molecule has 0 saturated heterocycles. The van der Waals surface area contributed by atoms with Crippen LogP contribution >= 0.6 is 11.8 Å². The number of hydrogen-bond acceptors (Lipinski definition) is 6. The number of aliphatic hydroxyl groups is 1. The van der Waals surface area contributed by atoms with Gasteiger partial charge in [-0.25, -0.2) is 0 Å². The maximum atomic E-state index is 11.5. The van der Waals surface area contributed by atoms with Gasteiger partial charge in [-0.15, -0.1) is 0 Å². The third-order valence-corrected chi connectivity index (χ3v) is 3.10. The third kappa shape index (κ3) is 9.20. The van der Waals surface area contributed by atoms with Gasteiger partial charge in [-0.05, 0) is 0 Å². The maximum Gasteiger partial charge on any atom is 0.190 e. The predicted octanol–water partition coefficient (Wildman–Crippen LogP) is -0.806. The van der Waals surface area contributed by atoms with Crippen LogP contribution in [0.15, 0.2) is 17.4 Å². The summed E-state index contributed by atoms with van der Waals surface area (Å²) >= 11 is 1.28. The quantitative estimate of drug-likeness (QED) is 0.333. The van der Waals surface area contributed by atoms with E-state index >= 15 is 0 Å². The molecule has 0 aromatic rings. The Morgan fingerprint density at radius 3 is 2.63 bits per heavy atom. The molecule has 0 spiro atoms. The zero-order valence-electron chi connectivity index (χ0n) is 11.5. The van der Waals surface area contributed by atoms with Gasteiger partial charge in [-0.2, -0.15) is 0 Å². The molecule has 110 valence electrons. The lowest BCUT2D eigenvalue weighted by molar-refractivity contribution is -0.111. The summed E-state index contributed by atoms with van der Waals surface area (Å²) in [6, 6.07) is 0. The number of rotatable bonds is 6. The van der Waals surface area contributed by atoms with E-state index in [1.165, 1.54) is 11.8 Å². The Bertz CT molecular complexity index is 318. The Hall–Kier alpha value is -1.41. The number of thioether (sulfide) groups is 1. The van der Waals surface area contributed by atoms with Crippen LogP contribution in [0.1, 0.15) is 6.42 Å². The molecular formula is C11H23N5O2S. The van der Waals surface area contributed by atoms with Crippen LogP contribution in [0.3, 0.4) is 0 Å². The van der Waals surface area contributed by atoms with Crippen LogP contribution in [0, 0.1) is 0 Å². The summed E-state index contributed by atoms with van der Waals surface area (Å²) < 4.78 is 0. The highest BCUT2D eigenvalue weighted by Gasteiger charge is 2.10. The molecule has 0 aromatic heterocycles. The van der Waals surface area contributed by atoms with Crippen LogP contribution in [-0.4, -0.2) is 65.6 Å². The second-order valence-electron chi connectivity index (χ2n) is 3.79. The molecule has 1 heterocycles. The number of hydrogen-bond donors (Lipinski definition) is 3. The Kier molecular flexibility index (Phi) is 9.73. The Labute approximate surface area is 118 Å². The van der Waals surface area contributed by atoms with Crippen molar-refractivity contribution in [3.05, 3.63) is 12.4 Å². The molecule has 0 aromatic carbocycles. The highest BCUT2D eigenvalue weighted by Crippen LogP contribution is 2.09. The molecule has 19 heavy (non-hydrogen) atoms. The Morgan fingerprint density at radius 2 is 2.11 bits per heavy atom. The monoisotopic (exact) mass is 289 g/mol. The Morgan fingerprint density at radius 1 is 1.42 bits per heavy atom. The topological polar surface area (TPSA) is 108 Å². The molecule has 0 fully saturated rings. The van der Waals surface area contributed by atoms with E-state index in [0.29, 0.717) is 18.7 Å². The van der Waals surface area contributed by atoms with Gasteiger partial charge in [0.2, 0.25) is 0 Å². The number of aliphatic hydroxyl groups excluding tert-OH is 1. The first kappa shape index (κ1) is 17.6. The zero-order chi connectivity index (χ0) is 14.7. The molecule has 0 aliphatic carbocycles. The van der Waals surface area contributed by atoms with Gasteiger partial charge in [0.1, 0.15) is 0 Å². The first-order valence-corrected chi connectivity index (χ1v) is 6.85. The van der Waals surface area contributed by atoms with E-state index in [9.17, 15) is 4.79 Å². The van der Waals surface area contributed by atoms with E-state index in [-0.39, 0.29) is 11.1 Å². The van der Waals surface area contributed by atoms with Crippen LogP contribution < -0.4 is 11.5 Å². The smallest absolute Gasteiger partial charge is 0.190 e. The predicted molar refractivity (Wildman–Crippen MR) is 79.4 cm³/mol. The first-order chi connectivity index (χ1) is 9.08. The molecule has 1 aliphatic heterocycles. The normalized spacial score (nSPS) is 13.0. The second kappa shape index (κ2) is 10.5. The van der Waals surface area contributed by atoms with Crippen molar-refractivity contribution in [1.82, 2.24) is 9.80 Å². The summed E-state index contributed by atoms with van der Waals surface area (Å²) in [6.07, 6.45) is 4.54. The zero-order valence-corrected chi connectivity index (χ0v) is 12.3. The molecule has 7 nitrogen and oxygen atoms in total. The first-order valence-electron chi connectivity index (χ1n) is 5.86. The van der Waals surface area contributed by atoms with Crippen molar-refractivity contribution >= 4 is 22.8 Å². The van der Waals surface area contributed by atoms with Gasteiger partial charge in [-0.3, -0.25) is 9.79 Å². The summed E-state index contributed by atoms with van der Waals surface area (Å²) in [6.45, 7) is 2.10. The van der Waals surface area contributed by atoms with Gasteiger partial charge in [0.25, 0.3) is 0 Å². The molecule has 1 rings (SSSR count). The van der Waals surface area contributed by atoms with E-state index in [0.717, 1.165) is 20.3 Å². The summed E-state index contributed by atoms with van der Waals surface area (Å²) in [4.78, 5) is 19.5. The molecule has 5 N–H and O–H groups in total. The number of carbonyl (C=O) groups excluding carboxylic acids is 1. The fourth-order valence-corrected chi connectivity index (χ4v) is 2.02. The molecule has 8 heteroatoms. The van der Waals surface area contributed by atoms with Crippen LogP contribution in [-0.2, 0) is 4.79 Å². The van der Waals surface area contributed by atoms with Gasteiger partial charge in [-0.1, -0.05) is 11.8 Å². The van der Waals surface area contributed by atoms with E-state index in [4.69, 9.17) is 16.6 Å². The maximum absolute atomic E-state index is 11.5. The van der Waals surface area contributed by atoms with Gasteiger partial charge in [0.15, 0.2) is 11.1 Å². The number of nitrogens with two attached hydrogens (primary N) is 2. The van der Waals surface area contributed by atoms with E-state index in [2.05, 4.69) is 14.8 Å². The molecule has 0 amide bonds. The molecule has 0 unspecified atom stereocenters. The van der Waals surface area contributed by atoms with Crippen molar-refractivity contribution < 1.29 is 9.90 Å². The summed E-state index contributed by atoms with van der Waals surface area (Å²) in [7, 11) is 3.00. The molecule has 0 bridgehead atoms. The van der Waals surface area contributed by atoms with E-state index in [1.807, 2.05) is 19.4 Å². The number of aliphatic imine (C=N–C) groups is 1. The van der Waals surface area contributed by atoms with Crippen molar-refractivity contribution in [1.29, 1.82) is 0 Å². The van der Waals surface area contributed by atoms with Crippen molar-refractivity contribution in [2.75, 3.05) is 39.7 Å². The lowest BCUT2D eigenvalue weighted by Gasteiger charge is -2.17. The third-order valence-electron chi connectivity index (χ3n) is 2.19. The number of carbonyl (C=O) groups is 1. The van der Waals surface area contributed by atoms with Crippen LogP contribution in [0.4, 0.5) is 0 Å². The second-order valence-corrected chi connectivity index (χ2v) is 4.94. The number of nitrogens with zero attached hydrogens (tertiary/aromatic N) is 3. The minimum Gasteiger partial charge on any atom is -0.400 e. The molecule has 0 atom stereocenters. The van der Waals surface area contributed by atoms with Gasteiger partial charge < -0.3 is 26.4 Å². The minimum absolute atomic E-state index is 0.0725. The van der Waals surface area contributed by atoms with Crippen LogP contribution in [0.2, 0.25) is 0 Å². The van der Waals surface area contributed by atoms with Crippen LogP contribution in [0.25, 0.3) is 0 Å². The summed E-state index contributed by atoms with van der Waals surface area (Å²) in [5, 5.41) is 7.18.